The molecule has 3 N–H and O–H groups in total. The van der Waals surface area contributed by atoms with E-state index in [1.807, 2.05) is 5.43 Å². The van der Waals surface area contributed by atoms with Crippen LogP contribution in [0.3, 0.4) is 0 Å². The fourth-order valence-corrected chi connectivity index (χ4v) is 1.70. The molecule has 0 saturated heterocycles. The summed E-state index contributed by atoms with van der Waals surface area (Å²) in [6.07, 6.45) is 1.96. The highest BCUT2D eigenvalue weighted by atomic mass is 32.1. The topological polar surface area (TPSA) is 68.0 Å². The molecule has 0 saturated carbocycles. The predicted octanol–water partition coefficient (Wildman–Crippen LogP) is 0.699. The molecule has 0 unspecified atom stereocenters. The average Bonchev–Trinajstić information content (AvgIpc) is 2.52. The number of hydrogen-bond acceptors (Lipinski definition) is 4. The van der Waals surface area contributed by atoms with E-state index in [9.17, 15) is 4.79 Å². The van der Waals surface area contributed by atoms with E-state index in [0.29, 0.717) is 5.69 Å². The normalized spacial score (nSPS) is 9.83. The lowest BCUT2D eigenvalue weighted by Gasteiger charge is -1.91. The monoisotopic (exact) mass is 185 g/mol. The Morgan fingerprint density at radius 1 is 1.83 bits per heavy atom. The third kappa shape index (κ3) is 2.02. The summed E-state index contributed by atoms with van der Waals surface area (Å²) in [6.45, 7) is 2.07. The highest BCUT2D eigenvalue weighted by molar-refractivity contribution is 7.09. The number of hydrogen-bond donors (Lipinski definition) is 2. The second-order valence-electron chi connectivity index (χ2n) is 2.35. The number of nitrogens with zero attached hydrogens (tertiary/aromatic N) is 1. The molecule has 0 spiro atoms. The Hall–Kier alpha value is -0.940. The average molecular weight is 185 g/mol. The van der Waals surface area contributed by atoms with Crippen LogP contribution in [-0.2, 0) is 6.42 Å². The van der Waals surface area contributed by atoms with Crippen LogP contribution in [0.1, 0.15) is 28.8 Å². The second kappa shape index (κ2) is 4.18. The zero-order valence-corrected chi connectivity index (χ0v) is 7.65. The molecule has 0 fully saturated rings. The molecule has 4 nitrogen and oxygen atoms in total. The molecule has 0 atom stereocenters. The maximum atomic E-state index is 10.9. The van der Waals surface area contributed by atoms with Crippen molar-refractivity contribution < 1.29 is 4.79 Å². The van der Waals surface area contributed by atoms with Crippen molar-refractivity contribution in [1.29, 1.82) is 0 Å². The van der Waals surface area contributed by atoms with E-state index >= 15 is 0 Å². The van der Waals surface area contributed by atoms with E-state index < -0.39 is 0 Å². The largest absolute Gasteiger partial charge is 0.289 e. The third-order valence-corrected chi connectivity index (χ3v) is 2.29. The smallest absolute Gasteiger partial charge is 0.284 e. The van der Waals surface area contributed by atoms with Gasteiger partial charge in [0, 0.05) is 5.38 Å². The fraction of sp³-hybridized carbons (Fsp3) is 0.429. The van der Waals surface area contributed by atoms with Crippen molar-refractivity contribution >= 4 is 17.2 Å². The van der Waals surface area contributed by atoms with E-state index in [0.717, 1.165) is 17.8 Å². The molecule has 0 aromatic carbocycles. The van der Waals surface area contributed by atoms with Crippen molar-refractivity contribution in [2.24, 2.45) is 5.84 Å². The van der Waals surface area contributed by atoms with Gasteiger partial charge in [0.05, 0.1) is 5.01 Å². The highest BCUT2D eigenvalue weighted by Gasteiger charge is 2.07. The number of rotatable bonds is 3. The van der Waals surface area contributed by atoms with E-state index in [2.05, 4.69) is 11.9 Å². The van der Waals surface area contributed by atoms with Crippen molar-refractivity contribution in [2.45, 2.75) is 19.8 Å². The summed E-state index contributed by atoms with van der Waals surface area (Å²) in [5, 5.41) is 2.70. The number of aryl methyl sites for hydroxylation is 1. The first-order valence-electron chi connectivity index (χ1n) is 3.73. The number of nitrogen functional groups attached to an aromatic ring is 1. The first kappa shape index (κ1) is 9.15. The highest BCUT2D eigenvalue weighted by Crippen LogP contribution is 2.11. The molecule has 5 heteroatoms. The van der Waals surface area contributed by atoms with Crippen molar-refractivity contribution in [1.82, 2.24) is 10.4 Å². The number of nitrogens with two attached hydrogens (primary N) is 1. The molecule has 0 aliphatic carbocycles. The molecule has 1 heterocycles. The summed E-state index contributed by atoms with van der Waals surface area (Å²) in [5.74, 6) is 4.63. The van der Waals surface area contributed by atoms with E-state index in [1.54, 1.807) is 5.38 Å². The fourth-order valence-electron chi connectivity index (χ4n) is 0.818. The predicted molar refractivity (Wildman–Crippen MR) is 47.8 cm³/mol. The Kier molecular flexibility index (Phi) is 3.19. The van der Waals surface area contributed by atoms with Crippen LogP contribution in [0, 0.1) is 0 Å². The summed E-state index contributed by atoms with van der Waals surface area (Å²) < 4.78 is 0. The maximum absolute atomic E-state index is 10.9. The summed E-state index contributed by atoms with van der Waals surface area (Å²) in [4.78, 5) is 15.0. The second-order valence-corrected chi connectivity index (χ2v) is 3.29. The van der Waals surface area contributed by atoms with Crippen LogP contribution in [-0.4, -0.2) is 10.9 Å². The zero-order chi connectivity index (χ0) is 8.97. The Morgan fingerprint density at radius 2 is 2.58 bits per heavy atom. The van der Waals surface area contributed by atoms with Gasteiger partial charge in [-0.15, -0.1) is 11.3 Å². The Morgan fingerprint density at radius 3 is 3.17 bits per heavy atom. The minimum absolute atomic E-state index is 0.325. The Labute approximate surface area is 74.8 Å². The number of carbonyl (C=O) groups excluding carboxylic acids is 1. The van der Waals surface area contributed by atoms with Gasteiger partial charge in [0.2, 0.25) is 0 Å². The summed E-state index contributed by atoms with van der Waals surface area (Å²) in [6, 6.07) is 0. The minimum Gasteiger partial charge on any atom is -0.289 e. The summed E-state index contributed by atoms with van der Waals surface area (Å²) in [5.41, 5.74) is 2.45. The molecule has 1 aromatic heterocycles. The first-order chi connectivity index (χ1) is 5.77. The van der Waals surface area contributed by atoms with Gasteiger partial charge >= 0.3 is 0 Å². The maximum Gasteiger partial charge on any atom is 0.284 e. The van der Waals surface area contributed by atoms with Gasteiger partial charge in [-0.05, 0) is 12.8 Å². The Bertz CT molecular complexity index is 271. The summed E-state index contributed by atoms with van der Waals surface area (Å²) in [7, 11) is 0. The third-order valence-electron chi connectivity index (χ3n) is 1.38. The minimum atomic E-state index is -0.325. The lowest BCUT2D eigenvalue weighted by Crippen LogP contribution is -2.30. The van der Waals surface area contributed by atoms with Gasteiger partial charge in [0.25, 0.3) is 5.91 Å². The van der Waals surface area contributed by atoms with Gasteiger partial charge < -0.3 is 0 Å². The number of nitrogens with one attached hydrogen (secondary N) is 1. The van der Waals surface area contributed by atoms with Gasteiger partial charge in [-0.1, -0.05) is 6.92 Å². The van der Waals surface area contributed by atoms with Crippen LogP contribution >= 0.6 is 11.3 Å². The molecule has 0 aliphatic rings. The Balaban J connectivity index is 2.70. The van der Waals surface area contributed by atoms with Gasteiger partial charge in [-0.3, -0.25) is 10.2 Å². The van der Waals surface area contributed by atoms with Crippen molar-refractivity contribution in [3.8, 4) is 0 Å². The molecule has 1 aromatic rings. The quantitative estimate of drug-likeness (QED) is 0.414. The summed E-state index contributed by atoms with van der Waals surface area (Å²) >= 11 is 1.49. The molecule has 12 heavy (non-hydrogen) atoms. The molecule has 1 rings (SSSR count). The number of aromatic nitrogens is 1. The lowest BCUT2D eigenvalue weighted by molar-refractivity contribution is 0.0949. The van der Waals surface area contributed by atoms with Crippen LogP contribution in [0.15, 0.2) is 5.38 Å². The SMILES string of the molecule is CCCc1nc(C(=O)NN)cs1. The van der Waals surface area contributed by atoms with Crippen LogP contribution in [0.5, 0.6) is 0 Å². The molecule has 0 bridgehead atoms. The van der Waals surface area contributed by atoms with Gasteiger partial charge in [-0.25, -0.2) is 10.8 Å². The number of carbonyl (C=O) groups is 1. The molecule has 66 valence electrons. The first-order valence-corrected chi connectivity index (χ1v) is 4.61. The van der Waals surface area contributed by atoms with Crippen LogP contribution in [0.25, 0.3) is 0 Å². The van der Waals surface area contributed by atoms with Gasteiger partial charge in [-0.2, -0.15) is 0 Å². The molecule has 1 amide bonds. The molecule has 0 aliphatic heterocycles. The van der Waals surface area contributed by atoms with E-state index in [1.165, 1.54) is 11.3 Å². The van der Waals surface area contributed by atoms with E-state index in [4.69, 9.17) is 5.84 Å². The van der Waals surface area contributed by atoms with Crippen molar-refractivity contribution in [3.63, 3.8) is 0 Å². The number of hydrazine groups is 1. The standard InChI is InChI=1S/C7H11N3OS/c1-2-3-6-9-5(4-12-6)7(11)10-8/h4H,2-3,8H2,1H3,(H,10,11). The van der Waals surface area contributed by atoms with Crippen molar-refractivity contribution in [3.05, 3.63) is 16.1 Å². The number of thiazole rings is 1. The van der Waals surface area contributed by atoms with Crippen LogP contribution in [0.4, 0.5) is 0 Å². The van der Waals surface area contributed by atoms with Crippen LogP contribution in [0.2, 0.25) is 0 Å². The zero-order valence-electron chi connectivity index (χ0n) is 6.83. The van der Waals surface area contributed by atoms with Crippen LogP contribution < -0.4 is 11.3 Å². The van der Waals surface area contributed by atoms with Gasteiger partial charge in [0.15, 0.2) is 0 Å². The van der Waals surface area contributed by atoms with Gasteiger partial charge in [0.1, 0.15) is 5.69 Å². The van der Waals surface area contributed by atoms with E-state index in [-0.39, 0.29) is 5.91 Å². The molecular formula is C7H11N3OS. The lowest BCUT2D eigenvalue weighted by atomic mass is 10.3. The number of amides is 1. The molecule has 0 radical (unpaired) electrons. The molecular weight excluding hydrogens is 174 g/mol. The van der Waals surface area contributed by atoms with Crippen molar-refractivity contribution in [2.75, 3.05) is 0 Å².